The lowest BCUT2D eigenvalue weighted by Gasteiger charge is -2.41. The molecule has 1 aliphatic heterocycles. The van der Waals surface area contributed by atoms with E-state index < -0.39 is 17.6 Å². The predicted octanol–water partition coefficient (Wildman–Crippen LogP) is 4.35. The predicted molar refractivity (Wildman–Crippen MR) is 127 cm³/mol. The van der Waals surface area contributed by atoms with Gasteiger partial charge in [-0.25, -0.2) is 8.78 Å². The van der Waals surface area contributed by atoms with Gasteiger partial charge in [-0.1, -0.05) is 30.3 Å². The molecule has 184 valence electrons. The van der Waals surface area contributed by atoms with Gasteiger partial charge in [-0.15, -0.1) is 0 Å². The third-order valence-electron chi connectivity index (χ3n) is 7.94. The quantitative estimate of drug-likeness (QED) is 0.618. The number of Topliss-reactive ketones (excluding diaryl/α,β-unsaturated/α-hetero) is 1. The highest BCUT2D eigenvalue weighted by Gasteiger charge is 2.41. The lowest BCUT2D eigenvalue weighted by molar-refractivity contribution is -0.137. The van der Waals surface area contributed by atoms with Crippen LogP contribution in [0, 0.1) is 23.5 Å². The average molecular weight is 481 g/mol. The number of likely N-dealkylation sites (N-methyl/N-ethyl adjacent to an activating group) is 1. The molecule has 2 atom stereocenters. The molecule has 35 heavy (non-hydrogen) atoms. The van der Waals surface area contributed by atoms with Crippen molar-refractivity contribution in [1.82, 2.24) is 9.80 Å². The molecule has 0 bridgehead atoms. The van der Waals surface area contributed by atoms with Crippen LogP contribution < -0.4 is 0 Å². The van der Waals surface area contributed by atoms with Crippen molar-refractivity contribution < 1.29 is 23.2 Å². The molecule has 7 heteroatoms. The number of hydrogen-bond acceptors (Lipinski definition) is 3. The van der Waals surface area contributed by atoms with Crippen molar-refractivity contribution in [2.45, 2.75) is 50.5 Å². The zero-order valence-electron chi connectivity index (χ0n) is 19.9. The molecule has 5 rings (SSSR count). The number of rotatable bonds is 6. The number of amides is 2. The number of ketones is 1. The van der Waals surface area contributed by atoms with Crippen molar-refractivity contribution >= 4 is 17.6 Å². The first-order valence-corrected chi connectivity index (χ1v) is 12.4. The molecule has 2 aromatic rings. The number of halogens is 2. The first-order chi connectivity index (χ1) is 16.8. The molecule has 0 aromatic heterocycles. The molecule has 1 saturated carbocycles. The summed E-state index contributed by atoms with van der Waals surface area (Å²) >= 11 is 0. The van der Waals surface area contributed by atoms with Gasteiger partial charge in [-0.05, 0) is 55.2 Å². The molecule has 2 aliphatic carbocycles. The Balaban J connectivity index is 1.29. The molecule has 0 radical (unpaired) electrons. The molecule has 2 fully saturated rings. The van der Waals surface area contributed by atoms with E-state index >= 15 is 0 Å². The molecule has 2 amide bonds. The summed E-state index contributed by atoms with van der Waals surface area (Å²) in [6.45, 7) is 1.06. The van der Waals surface area contributed by atoms with Gasteiger partial charge < -0.3 is 9.80 Å². The Labute approximate surface area is 204 Å². The van der Waals surface area contributed by atoms with Gasteiger partial charge in [0.2, 0.25) is 11.8 Å². The van der Waals surface area contributed by atoms with E-state index in [1.807, 2.05) is 23.1 Å². The molecular weight excluding hydrogens is 450 g/mol. The van der Waals surface area contributed by atoms with Gasteiger partial charge in [-0.2, -0.15) is 0 Å². The SMILES string of the molecule is CN(C(=O)C1CC1)[C@H](Cc1ccc(F)cc1F)C1CCN(C(=O)[C@@H]2CC(=O)c3ccccc32)CC1. The van der Waals surface area contributed by atoms with Gasteiger partial charge >= 0.3 is 0 Å². The summed E-state index contributed by atoms with van der Waals surface area (Å²) < 4.78 is 27.9. The molecule has 0 spiro atoms. The fourth-order valence-electron chi connectivity index (χ4n) is 5.72. The number of carbonyl (C=O) groups excluding carboxylic acids is 3. The molecule has 0 N–H and O–H groups in total. The summed E-state index contributed by atoms with van der Waals surface area (Å²) in [5.74, 6) is -1.45. The van der Waals surface area contributed by atoms with Gasteiger partial charge in [0.05, 0.1) is 5.92 Å². The first-order valence-electron chi connectivity index (χ1n) is 12.4. The second-order valence-corrected chi connectivity index (χ2v) is 10.2. The molecule has 2 aromatic carbocycles. The first kappa shape index (κ1) is 23.6. The Kier molecular flexibility index (Phi) is 6.43. The number of likely N-dealkylation sites (tertiary alicyclic amines) is 1. The van der Waals surface area contributed by atoms with Crippen LogP contribution in [0.25, 0.3) is 0 Å². The Bertz CT molecular complexity index is 1150. The largest absolute Gasteiger partial charge is 0.342 e. The normalized spacial score (nSPS) is 21.1. The van der Waals surface area contributed by atoms with Crippen molar-refractivity contribution in [3.8, 4) is 0 Å². The van der Waals surface area contributed by atoms with E-state index in [9.17, 15) is 23.2 Å². The van der Waals surface area contributed by atoms with E-state index in [1.54, 1.807) is 18.0 Å². The fraction of sp³-hybridized carbons (Fsp3) is 0.464. The smallest absolute Gasteiger partial charge is 0.230 e. The van der Waals surface area contributed by atoms with Gasteiger partial charge in [0.25, 0.3) is 0 Å². The maximum absolute atomic E-state index is 14.5. The van der Waals surface area contributed by atoms with Crippen LogP contribution in [0.4, 0.5) is 8.78 Å². The lowest BCUT2D eigenvalue weighted by Crippen LogP contribution is -2.49. The summed E-state index contributed by atoms with van der Waals surface area (Å²) in [4.78, 5) is 42.2. The number of benzene rings is 2. The summed E-state index contributed by atoms with van der Waals surface area (Å²) in [5.41, 5.74) is 1.85. The summed E-state index contributed by atoms with van der Waals surface area (Å²) in [6.07, 6.45) is 3.66. The van der Waals surface area contributed by atoms with E-state index in [0.29, 0.717) is 43.5 Å². The second-order valence-electron chi connectivity index (χ2n) is 10.2. The zero-order valence-corrected chi connectivity index (χ0v) is 19.9. The molecule has 0 unspecified atom stereocenters. The van der Waals surface area contributed by atoms with Crippen LogP contribution >= 0.6 is 0 Å². The monoisotopic (exact) mass is 480 g/mol. The topological polar surface area (TPSA) is 57.7 Å². The van der Waals surface area contributed by atoms with Crippen LogP contribution in [0.2, 0.25) is 0 Å². The minimum Gasteiger partial charge on any atom is -0.342 e. The lowest BCUT2D eigenvalue weighted by atomic mass is 9.84. The van der Waals surface area contributed by atoms with Crippen LogP contribution in [-0.2, 0) is 16.0 Å². The molecular formula is C28H30F2N2O3. The van der Waals surface area contributed by atoms with Gasteiger partial charge in [-0.3, -0.25) is 14.4 Å². The molecule has 1 heterocycles. The van der Waals surface area contributed by atoms with Crippen LogP contribution in [0.5, 0.6) is 0 Å². The van der Waals surface area contributed by atoms with Gasteiger partial charge in [0.1, 0.15) is 11.6 Å². The molecule has 3 aliphatic rings. The minimum atomic E-state index is -0.621. The van der Waals surface area contributed by atoms with E-state index in [4.69, 9.17) is 0 Å². The number of nitrogens with zero attached hydrogens (tertiary/aromatic N) is 2. The van der Waals surface area contributed by atoms with Crippen LogP contribution in [0.3, 0.4) is 0 Å². The maximum Gasteiger partial charge on any atom is 0.230 e. The summed E-state index contributed by atoms with van der Waals surface area (Å²) in [6, 6.07) is 10.7. The zero-order chi connectivity index (χ0) is 24.7. The van der Waals surface area contributed by atoms with Crippen molar-refractivity contribution in [3.05, 3.63) is 70.8 Å². The number of piperidine rings is 1. The Morgan fingerprint density at radius 1 is 1.06 bits per heavy atom. The number of hydrogen-bond donors (Lipinski definition) is 0. The number of fused-ring (bicyclic) bond motifs is 1. The summed E-state index contributed by atoms with van der Waals surface area (Å²) in [7, 11) is 1.78. The van der Waals surface area contributed by atoms with E-state index in [0.717, 1.165) is 24.5 Å². The highest BCUT2D eigenvalue weighted by molar-refractivity contribution is 6.06. The number of carbonyl (C=O) groups is 3. The van der Waals surface area contributed by atoms with Crippen molar-refractivity contribution in [2.75, 3.05) is 20.1 Å². The van der Waals surface area contributed by atoms with Crippen LogP contribution in [-0.4, -0.2) is 53.6 Å². The Morgan fingerprint density at radius 3 is 2.46 bits per heavy atom. The summed E-state index contributed by atoms with van der Waals surface area (Å²) in [5, 5.41) is 0. The van der Waals surface area contributed by atoms with E-state index in [-0.39, 0.29) is 41.9 Å². The van der Waals surface area contributed by atoms with E-state index in [1.165, 1.54) is 12.1 Å². The highest BCUT2D eigenvalue weighted by Crippen LogP contribution is 2.37. The fourth-order valence-corrected chi connectivity index (χ4v) is 5.72. The molecule has 5 nitrogen and oxygen atoms in total. The van der Waals surface area contributed by atoms with Gasteiger partial charge in [0.15, 0.2) is 5.78 Å². The van der Waals surface area contributed by atoms with E-state index in [2.05, 4.69) is 0 Å². The third kappa shape index (κ3) is 4.73. The average Bonchev–Trinajstić information content (AvgIpc) is 3.66. The van der Waals surface area contributed by atoms with Crippen molar-refractivity contribution in [3.63, 3.8) is 0 Å². The highest BCUT2D eigenvalue weighted by atomic mass is 19.1. The van der Waals surface area contributed by atoms with Crippen molar-refractivity contribution in [2.24, 2.45) is 11.8 Å². The van der Waals surface area contributed by atoms with Crippen LogP contribution in [0.15, 0.2) is 42.5 Å². The third-order valence-corrected chi connectivity index (χ3v) is 7.94. The second kappa shape index (κ2) is 9.51. The minimum absolute atomic E-state index is 0.00966. The van der Waals surface area contributed by atoms with Gasteiger partial charge in [0, 0.05) is 50.1 Å². The Morgan fingerprint density at radius 2 is 1.77 bits per heavy atom. The van der Waals surface area contributed by atoms with Crippen LogP contribution in [0.1, 0.15) is 59.5 Å². The standard InChI is InChI=1S/C28H30F2N2O3/c1-31(27(34)18-6-7-18)25(14-19-8-9-20(29)15-24(19)30)17-10-12-32(13-11-17)28(35)23-16-26(33)22-5-3-2-4-21(22)23/h2-5,8-9,15,17-18,23,25H,6-7,10-14,16H2,1H3/t23-,25-/m1/s1. The molecule has 1 saturated heterocycles. The van der Waals surface area contributed by atoms with Crippen molar-refractivity contribution in [1.29, 1.82) is 0 Å². The maximum atomic E-state index is 14.5. The Hall–Kier alpha value is -3.09.